The molecule has 0 aliphatic carbocycles. The highest BCUT2D eigenvalue weighted by Crippen LogP contribution is 2.06. The Labute approximate surface area is 134 Å². The molecule has 7 nitrogen and oxygen atoms in total. The number of aromatic nitrogens is 2. The lowest BCUT2D eigenvalue weighted by Crippen LogP contribution is -2.48. The number of amides is 1. The first-order valence-corrected chi connectivity index (χ1v) is 7.32. The highest BCUT2D eigenvalue weighted by atomic mass is 16.4. The van der Waals surface area contributed by atoms with Crippen molar-refractivity contribution in [3.63, 3.8) is 0 Å². The van der Waals surface area contributed by atoms with Crippen LogP contribution in [0.1, 0.15) is 11.3 Å². The highest BCUT2D eigenvalue weighted by Gasteiger charge is 2.21. The predicted molar refractivity (Wildman–Crippen MR) is 84.8 cm³/mol. The quantitative estimate of drug-likeness (QED) is 0.574. The maximum absolute atomic E-state index is 10.9. The maximum Gasteiger partial charge on any atom is 0.404 e. The summed E-state index contributed by atoms with van der Waals surface area (Å²) in [5, 5.41) is 24.7. The molecule has 2 rings (SSSR count). The van der Waals surface area contributed by atoms with Crippen molar-refractivity contribution in [3.8, 4) is 0 Å². The van der Waals surface area contributed by atoms with E-state index in [-0.39, 0.29) is 6.54 Å². The Balaban J connectivity index is 1.88. The minimum absolute atomic E-state index is 0.244. The van der Waals surface area contributed by atoms with Crippen molar-refractivity contribution in [2.75, 3.05) is 6.54 Å². The smallest absolute Gasteiger partial charge is 0.404 e. The van der Waals surface area contributed by atoms with Gasteiger partial charge in [-0.25, -0.2) is 4.79 Å². The summed E-state index contributed by atoms with van der Waals surface area (Å²) in [7, 11) is 0. The summed E-state index contributed by atoms with van der Waals surface area (Å²) in [5.74, 6) is 0. The zero-order chi connectivity index (χ0) is 16.5. The monoisotopic (exact) mass is 316 g/mol. The normalized spacial score (nSPS) is 13.3. The molecule has 0 unspecified atom stereocenters. The van der Waals surface area contributed by atoms with Crippen molar-refractivity contribution >= 4 is 6.09 Å². The van der Waals surface area contributed by atoms with Gasteiger partial charge in [0.2, 0.25) is 0 Å². The van der Waals surface area contributed by atoms with Gasteiger partial charge in [0.15, 0.2) is 0 Å². The Hall–Kier alpha value is -2.51. The van der Waals surface area contributed by atoms with Gasteiger partial charge < -0.3 is 20.8 Å². The van der Waals surface area contributed by atoms with Crippen LogP contribution in [0.4, 0.5) is 4.79 Å². The van der Waals surface area contributed by atoms with Crippen LogP contribution >= 0.6 is 0 Å². The fourth-order valence-electron chi connectivity index (χ4n) is 2.22. The van der Waals surface area contributed by atoms with E-state index >= 15 is 0 Å². The molecule has 0 spiro atoms. The van der Waals surface area contributed by atoms with Gasteiger partial charge in [-0.15, -0.1) is 0 Å². The molecule has 1 aromatic heterocycles. The summed E-state index contributed by atoms with van der Waals surface area (Å²) < 4.78 is 0. The Morgan fingerprint density at radius 3 is 2.65 bits per heavy atom. The Kier molecular flexibility index (Phi) is 6.46. The van der Waals surface area contributed by atoms with Crippen LogP contribution in [0, 0.1) is 0 Å². The molecule has 7 heteroatoms. The number of carboxylic acid groups (broad SMARTS) is 1. The van der Waals surface area contributed by atoms with Gasteiger partial charge in [0.1, 0.15) is 0 Å². The molecule has 23 heavy (non-hydrogen) atoms. The second-order valence-corrected chi connectivity index (χ2v) is 5.14. The first-order chi connectivity index (χ1) is 11.1. The molecular weight excluding hydrogens is 296 g/mol. The van der Waals surface area contributed by atoms with E-state index in [1.54, 1.807) is 18.6 Å². The Bertz CT molecular complexity index is 595. The third-order valence-electron chi connectivity index (χ3n) is 3.35. The van der Waals surface area contributed by atoms with Gasteiger partial charge in [-0.05, 0) is 12.0 Å². The molecule has 122 valence electrons. The fraction of sp³-hybridized carbons (Fsp3) is 0.312. The summed E-state index contributed by atoms with van der Waals surface area (Å²) in [4.78, 5) is 19.0. The van der Waals surface area contributed by atoms with Crippen molar-refractivity contribution in [2.45, 2.75) is 25.1 Å². The lowest BCUT2D eigenvalue weighted by atomic mass is 10.0. The number of hydrogen-bond donors (Lipinski definition) is 4. The van der Waals surface area contributed by atoms with Crippen LogP contribution in [0.25, 0.3) is 0 Å². The third-order valence-corrected chi connectivity index (χ3v) is 3.35. The molecular formula is C16H20N4O3. The van der Waals surface area contributed by atoms with Crippen molar-refractivity contribution in [1.29, 1.82) is 0 Å². The summed E-state index contributed by atoms with van der Waals surface area (Å²) in [6, 6.07) is 8.86. The minimum atomic E-state index is -1.15. The summed E-state index contributed by atoms with van der Waals surface area (Å²) in [5.41, 5.74) is 1.71. The number of aliphatic hydroxyl groups excluding tert-OH is 1. The molecule has 0 bridgehead atoms. The van der Waals surface area contributed by atoms with E-state index in [1.165, 1.54) is 0 Å². The molecule has 0 aliphatic rings. The van der Waals surface area contributed by atoms with Gasteiger partial charge in [-0.2, -0.15) is 0 Å². The number of benzene rings is 1. The van der Waals surface area contributed by atoms with Gasteiger partial charge in [-0.1, -0.05) is 30.3 Å². The summed E-state index contributed by atoms with van der Waals surface area (Å²) >= 11 is 0. The van der Waals surface area contributed by atoms with E-state index in [9.17, 15) is 9.90 Å². The molecule has 2 atom stereocenters. The standard InChI is InChI=1S/C16H20N4O3/c21-15(11-18-10-13-9-17-6-7-19-13)14(20-16(22)23)8-12-4-2-1-3-5-12/h1-7,9,14-15,18,20-21H,8,10-11H2,(H,22,23)/t14-,15-/m0/s1. The Morgan fingerprint density at radius 1 is 1.22 bits per heavy atom. The van der Waals surface area contributed by atoms with Gasteiger partial charge in [-0.3, -0.25) is 9.97 Å². The van der Waals surface area contributed by atoms with Crippen LogP contribution in [0.5, 0.6) is 0 Å². The maximum atomic E-state index is 10.9. The van der Waals surface area contributed by atoms with Crippen LogP contribution < -0.4 is 10.6 Å². The number of nitrogens with zero attached hydrogens (tertiary/aromatic N) is 2. The third kappa shape index (κ3) is 6.01. The average Bonchev–Trinajstić information content (AvgIpc) is 2.56. The zero-order valence-corrected chi connectivity index (χ0v) is 12.6. The van der Waals surface area contributed by atoms with E-state index in [0.29, 0.717) is 13.0 Å². The molecule has 1 amide bonds. The van der Waals surface area contributed by atoms with E-state index in [0.717, 1.165) is 11.3 Å². The van der Waals surface area contributed by atoms with E-state index < -0.39 is 18.2 Å². The number of hydrogen-bond acceptors (Lipinski definition) is 5. The van der Waals surface area contributed by atoms with Gasteiger partial charge in [0.25, 0.3) is 0 Å². The van der Waals surface area contributed by atoms with Crippen molar-refractivity contribution in [3.05, 3.63) is 60.2 Å². The lowest BCUT2D eigenvalue weighted by molar-refractivity contribution is 0.117. The topological polar surface area (TPSA) is 107 Å². The number of aliphatic hydroxyl groups is 1. The van der Waals surface area contributed by atoms with E-state index in [1.807, 2.05) is 30.3 Å². The molecule has 0 saturated heterocycles. The van der Waals surface area contributed by atoms with Crippen LogP contribution in [-0.2, 0) is 13.0 Å². The largest absolute Gasteiger partial charge is 0.465 e. The second-order valence-electron chi connectivity index (χ2n) is 5.14. The van der Waals surface area contributed by atoms with Gasteiger partial charge in [0, 0.05) is 31.7 Å². The van der Waals surface area contributed by atoms with Crippen molar-refractivity contribution < 1.29 is 15.0 Å². The molecule has 0 aliphatic heterocycles. The number of nitrogens with one attached hydrogen (secondary N) is 2. The molecule has 4 N–H and O–H groups in total. The first-order valence-electron chi connectivity index (χ1n) is 7.32. The van der Waals surface area contributed by atoms with Crippen molar-refractivity contribution in [2.24, 2.45) is 0 Å². The Morgan fingerprint density at radius 2 is 2.00 bits per heavy atom. The first kappa shape index (κ1) is 16.9. The SMILES string of the molecule is O=C(O)N[C@@H](Cc1ccccc1)[C@@H](O)CNCc1cnccn1. The van der Waals surface area contributed by atoms with Gasteiger partial charge in [0.05, 0.1) is 17.8 Å². The number of carbonyl (C=O) groups is 1. The fourth-order valence-corrected chi connectivity index (χ4v) is 2.22. The zero-order valence-electron chi connectivity index (χ0n) is 12.6. The summed E-state index contributed by atoms with van der Waals surface area (Å²) in [6.45, 7) is 0.699. The van der Waals surface area contributed by atoms with Crippen LogP contribution in [0.15, 0.2) is 48.9 Å². The van der Waals surface area contributed by atoms with E-state index in [2.05, 4.69) is 20.6 Å². The molecule has 2 aromatic rings. The molecule has 0 fully saturated rings. The molecule has 1 aromatic carbocycles. The minimum Gasteiger partial charge on any atom is -0.465 e. The van der Waals surface area contributed by atoms with Crippen molar-refractivity contribution in [1.82, 2.24) is 20.6 Å². The highest BCUT2D eigenvalue weighted by molar-refractivity contribution is 5.65. The van der Waals surface area contributed by atoms with E-state index in [4.69, 9.17) is 5.11 Å². The van der Waals surface area contributed by atoms with Crippen LogP contribution in [0.2, 0.25) is 0 Å². The number of rotatable bonds is 8. The molecule has 0 radical (unpaired) electrons. The average molecular weight is 316 g/mol. The van der Waals surface area contributed by atoms with Crippen LogP contribution in [0.3, 0.4) is 0 Å². The molecule has 1 heterocycles. The van der Waals surface area contributed by atoms with Gasteiger partial charge >= 0.3 is 6.09 Å². The summed E-state index contributed by atoms with van der Waals surface area (Å²) in [6.07, 6.45) is 3.22. The molecule has 0 saturated carbocycles. The predicted octanol–water partition coefficient (Wildman–Crippen LogP) is 0.806. The lowest BCUT2D eigenvalue weighted by Gasteiger charge is -2.23. The van der Waals surface area contributed by atoms with Crippen LogP contribution in [-0.4, -0.2) is 45.0 Å². The second kappa shape index (κ2) is 8.82.